The molecule has 0 aliphatic rings. The minimum absolute atomic E-state index is 0.0957. The Bertz CT molecular complexity index is 1040. The molecule has 0 saturated heterocycles. The number of ether oxygens (including phenoxy) is 3. The lowest BCUT2D eigenvalue weighted by molar-refractivity contribution is -0.167. The number of allylic oxidation sites excluding steroid dienone is 10. The van der Waals surface area contributed by atoms with Gasteiger partial charge in [-0.3, -0.25) is 14.4 Å². The van der Waals surface area contributed by atoms with Crippen LogP contribution in [0.3, 0.4) is 0 Å². The van der Waals surface area contributed by atoms with Crippen LogP contribution in [0.5, 0.6) is 0 Å². The van der Waals surface area contributed by atoms with Crippen molar-refractivity contribution in [3.8, 4) is 0 Å². The first-order valence-corrected chi connectivity index (χ1v) is 23.3. The first-order chi connectivity index (χ1) is 27.5. The fraction of sp³-hybridized carbons (Fsp3) is 0.740. The molecule has 0 heterocycles. The van der Waals surface area contributed by atoms with Crippen molar-refractivity contribution < 1.29 is 28.6 Å². The molecular weight excluding hydrogens is 697 g/mol. The Morgan fingerprint density at radius 3 is 1.21 bits per heavy atom. The average Bonchev–Trinajstić information content (AvgIpc) is 3.19. The standard InChI is InChI=1S/C50H86O6/c1-4-7-10-13-16-19-22-24-25-26-29-31-34-37-40-43-49(52)55-46-47(45-54-48(51)42-39-36-33-30-27-21-18-15-12-9-6-3)56-50(53)44-41-38-35-32-28-23-20-17-14-11-8-5-2/h9,12,17-22,30,33,47H,4-8,10-11,13-16,23-29,31-32,34-46H2,1-3H3/b12-9-,20-17-,21-18-,22-19-,33-30-. The number of hydrogen-bond donors (Lipinski definition) is 0. The van der Waals surface area contributed by atoms with E-state index in [0.717, 1.165) is 77.0 Å². The van der Waals surface area contributed by atoms with Crippen molar-refractivity contribution >= 4 is 17.9 Å². The molecule has 1 atom stereocenters. The Morgan fingerprint density at radius 1 is 0.375 bits per heavy atom. The average molecular weight is 783 g/mol. The van der Waals surface area contributed by atoms with Crippen LogP contribution in [-0.4, -0.2) is 37.2 Å². The predicted octanol–water partition coefficient (Wildman–Crippen LogP) is 14.9. The third-order valence-corrected chi connectivity index (χ3v) is 9.73. The van der Waals surface area contributed by atoms with Crippen LogP contribution in [0.4, 0.5) is 0 Å². The number of carbonyl (C=O) groups is 3. The highest BCUT2D eigenvalue weighted by molar-refractivity contribution is 5.71. The predicted molar refractivity (Wildman–Crippen MR) is 238 cm³/mol. The van der Waals surface area contributed by atoms with Crippen molar-refractivity contribution in [3.05, 3.63) is 60.8 Å². The van der Waals surface area contributed by atoms with Crippen LogP contribution < -0.4 is 0 Å². The molecule has 1 unspecified atom stereocenters. The van der Waals surface area contributed by atoms with E-state index in [2.05, 4.69) is 81.5 Å². The van der Waals surface area contributed by atoms with Gasteiger partial charge in [-0.2, -0.15) is 0 Å². The van der Waals surface area contributed by atoms with Crippen LogP contribution in [0.1, 0.15) is 220 Å². The zero-order valence-electron chi connectivity index (χ0n) is 36.6. The van der Waals surface area contributed by atoms with Gasteiger partial charge in [-0.1, -0.05) is 165 Å². The maximum Gasteiger partial charge on any atom is 0.306 e. The van der Waals surface area contributed by atoms with Gasteiger partial charge in [0.15, 0.2) is 6.10 Å². The SMILES string of the molecule is CC/C=C\C/C=C\C/C=C\CCCC(=O)OCC(COC(=O)CCCCCCCCC/C=C\CCCCCC)OC(=O)CCCCCCC/C=C\CCCCC. The summed E-state index contributed by atoms with van der Waals surface area (Å²) < 4.78 is 16.7. The zero-order chi connectivity index (χ0) is 40.8. The summed E-state index contributed by atoms with van der Waals surface area (Å²) in [4.78, 5) is 37.7. The Morgan fingerprint density at radius 2 is 0.714 bits per heavy atom. The lowest BCUT2D eigenvalue weighted by Crippen LogP contribution is -2.30. The van der Waals surface area contributed by atoms with Gasteiger partial charge in [0.2, 0.25) is 0 Å². The minimum atomic E-state index is -0.797. The van der Waals surface area contributed by atoms with E-state index in [9.17, 15) is 14.4 Å². The van der Waals surface area contributed by atoms with E-state index < -0.39 is 6.10 Å². The number of unbranched alkanes of at least 4 members (excludes halogenated alkanes) is 20. The first-order valence-electron chi connectivity index (χ1n) is 23.3. The van der Waals surface area contributed by atoms with Crippen LogP contribution in [0, 0.1) is 0 Å². The molecule has 6 nitrogen and oxygen atoms in total. The van der Waals surface area contributed by atoms with Gasteiger partial charge >= 0.3 is 17.9 Å². The van der Waals surface area contributed by atoms with Crippen LogP contribution in [0.2, 0.25) is 0 Å². The highest BCUT2D eigenvalue weighted by Crippen LogP contribution is 2.13. The molecule has 0 rings (SSSR count). The van der Waals surface area contributed by atoms with Crippen molar-refractivity contribution in [2.45, 2.75) is 226 Å². The number of carbonyl (C=O) groups excluding carboxylic acids is 3. The molecule has 0 fully saturated rings. The topological polar surface area (TPSA) is 78.9 Å². The monoisotopic (exact) mass is 783 g/mol. The summed E-state index contributed by atoms with van der Waals surface area (Å²) in [6.07, 6.45) is 53.5. The molecule has 6 heteroatoms. The molecule has 0 aliphatic heterocycles. The van der Waals surface area contributed by atoms with Crippen LogP contribution in [0.25, 0.3) is 0 Å². The highest BCUT2D eigenvalue weighted by atomic mass is 16.6. The van der Waals surface area contributed by atoms with Gasteiger partial charge in [0.25, 0.3) is 0 Å². The second-order valence-electron chi connectivity index (χ2n) is 15.3. The summed E-state index contributed by atoms with van der Waals surface area (Å²) in [5, 5.41) is 0. The third-order valence-electron chi connectivity index (χ3n) is 9.73. The maximum atomic E-state index is 12.7. The molecule has 0 aliphatic carbocycles. The first kappa shape index (κ1) is 53.1. The minimum Gasteiger partial charge on any atom is -0.462 e. The van der Waals surface area contributed by atoms with Gasteiger partial charge in [0.1, 0.15) is 13.2 Å². The number of rotatable bonds is 41. The second-order valence-corrected chi connectivity index (χ2v) is 15.3. The van der Waals surface area contributed by atoms with Crippen molar-refractivity contribution in [3.63, 3.8) is 0 Å². The van der Waals surface area contributed by atoms with Gasteiger partial charge in [0.05, 0.1) is 0 Å². The van der Waals surface area contributed by atoms with Gasteiger partial charge < -0.3 is 14.2 Å². The Hall–Kier alpha value is -2.89. The van der Waals surface area contributed by atoms with Gasteiger partial charge in [-0.25, -0.2) is 0 Å². The van der Waals surface area contributed by atoms with E-state index in [1.54, 1.807) is 0 Å². The largest absolute Gasteiger partial charge is 0.462 e. The lowest BCUT2D eigenvalue weighted by Gasteiger charge is -2.18. The molecular formula is C50H86O6. The molecule has 0 spiro atoms. The molecule has 322 valence electrons. The van der Waals surface area contributed by atoms with Crippen molar-refractivity contribution in [2.24, 2.45) is 0 Å². The second kappa shape index (κ2) is 44.8. The molecule has 0 N–H and O–H groups in total. The summed E-state index contributed by atoms with van der Waals surface area (Å²) in [5.74, 6) is -0.969. The van der Waals surface area contributed by atoms with Gasteiger partial charge in [-0.05, 0) is 96.3 Å². The smallest absolute Gasteiger partial charge is 0.306 e. The zero-order valence-corrected chi connectivity index (χ0v) is 36.6. The van der Waals surface area contributed by atoms with Crippen molar-refractivity contribution in [2.75, 3.05) is 13.2 Å². The number of esters is 3. The third kappa shape index (κ3) is 42.3. The van der Waals surface area contributed by atoms with Gasteiger partial charge in [-0.15, -0.1) is 0 Å². The summed E-state index contributed by atoms with van der Waals surface area (Å²) in [6.45, 7) is 6.41. The Kier molecular flexibility index (Phi) is 42.5. The van der Waals surface area contributed by atoms with E-state index in [0.29, 0.717) is 19.3 Å². The quantitative estimate of drug-likeness (QED) is 0.0266. The van der Waals surface area contributed by atoms with Crippen LogP contribution >= 0.6 is 0 Å². The van der Waals surface area contributed by atoms with Crippen molar-refractivity contribution in [1.82, 2.24) is 0 Å². The van der Waals surface area contributed by atoms with E-state index in [1.165, 1.54) is 96.3 Å². The highest BCUT2D eigenvalue weighted by Gasteiger charge is 2.19. The fourth-order valence-corrected chi connectivity index (χ4v) is 6.22. The lowest BCUT2D eigenvalue weighted by atomic mass is 10.1. The van der Waals surface area contributed by atoms with E-state index in [-0.39, 0.29) is 37.5 Å². The van der Waals surface area contributed by atoms with Crippen LogP contribution in [0.15, 0.2) is 60.8 Å². The maximum absolute atomic E-state index is 12.7. The number of hydrogen-bond acceptors (Lipinski definition) is 6. The fourth-order valence-electron chi connectivity index (χ4n) is 6.22. The molecule has 0 aromatic rings. The molecule has 0 saturated carbocycles. The van der Waals surface area contributed by atoms with E-state index in [1.807, 2.05) is 0 Å². The Labute approximate surface area is 345 Å². The van der Waals surface area contributed by atoms with Crippen molar-refractivity contribution in [1.29, 1.82) is 0 Å². The summed E-state index contributed by atoms with van der Waals surface area (Å²) >= 11 is 0. The molecule has 0 radical (unpaired) electrons. The molecule has 56 heavy (non-hydrogen) atoms. The summed E-state index contributed by atoms with van der Waals surface area (Å²) in [6, 6.07) is 0. The van der Waals surface area contributed by atoms with E-state index >= 15 is 0 Å². The summed E-state index contributed by atoms with van der Waals surface area (Å²) in [5.41, 5.74) is 0. The normalized spacial score (nSPS) is 12.6. The molecule has 0 amide bonds. The summed E-state index contributed by atoms with van der Waals surface area (Å²) in [7, 11) is 0. The molecule has 0 aromatic carbocycles. The molecule has 0 aromatic heterocycles. The van der Waals surface area contributed by atoms with Gasteiger partial charge in [0, 0.05) is 19.3 Å². The van der Waals surface area contributed by atoms with E-state index in [4.69, 9.17) is 14.2 Å². The van der Waals surface area contributed by atoms with Crippen LogP contribution in [-0.2, 0) is 28.6 Å². The Balaban J connectivity index is 4.43. The molecule has 0 bridgehead atoms.